The van der Waals surface area contributed by atoms with Crippen molar-refractivity contribution in [3.05, 3.63) is 29.1 Å². The van der Waals surface area contributed by atoms with E-state index in [2.05, 4.69) is 4.98 Å². The van der Waals surface area contributed by atoms with Gasteiger partial charge in [-0.25, -0.2) is 9.78 Å². The first-order valence-corrected chi connectivity index (χ1v) is 4.40. The number of hydrogen-bond donors (Lipinski definition) is 1. The maximum Gasteiger partial charge on any atom is 0.354 e. The molecule has 1 aromatic heterocycles. The summed E-state index contributed by atoms with van der Waals surface area (Å²) in [5.74, 6) is -0.918. The molecule has 72 valence electrons. The van der Waals surface area contributed by atoms with Gasteiger partial charge in [0.25, 0.3) is 0 Å². The second-order valence-corrected chi connectivity index (χ2v) is 3.32. The Morgan fingerprint density at radius 2 is 2.14 bits per heavy atom. The van der Waals surface area contributed by atoms with Crippen LogP contribution in [-0.4, -0.2) is 21.8 Å². The van der Waals surface area contributed by atoms with Crippen LogP contribution < -0.4 is 0 Å². The molecule has 0 bridgehead atoms. The average molecular weight is 191 g/mol. The molecule has 0 spiro atoms. The average Bonchev–Trinajstić information content (AvgIpc) is 2.16. The van der Waals surface area contributed by atoms with E-state index in [9.17, 15) is 9.59 Å². The Hall–Kier alpha value is -1.71. The summed E-state index contributed by atoms with van der Waals surface area (Å²) in [6.07, 6.45) is 1.50. The van der Waals surface area contributed by atoms with E-state index in [1.807, 2.05) is 0 Å². The van der Waals surface area contributed by atoms with Crippen LogP contribution in [0.4, 0.5) is 0 Å². The maximum atomic E-state index is 11.1. The molecule has 1 N–H and O–H groups in total. The number of rotatable bonds is 1. The molecule has 0 unspecified atom stereocenters. The van der Waals surface area contributed by atoms with Crippen molar-refractivity contribution in [2.75, 3.05) is 0 Å². The lowest BCUT2D eigenvalue weighted by Gasteiger charge is -2.13. The van der Waals surface area contributed by atoms with E-state index < -0.39 is 5.97 Å². The molecule has 0 radical (unpaired) electrons. The Morgan fingerprint density at radius 1 is 1.36 bits per heavy atom. The highest BCUT2D eigenvalue weighted by Crippen LogP contribution is 2.17. The lowest BCUT2D eigenvalue weighted by atomic mass is 9.95. The minimum Gasteiger partial charge on any atom is -0.477 e. The maximum absolute atomic E-state index is 11.1. The fourth-order valence-corrected chi connectivity index (χ4v) is 1.58. The fourth-order valence-electron chi connectivity index (χ4n) is 1.58. The molecule has 0 fully saturated rings. The van der Waals surface area contributed by atoms with Crippen molar-refractivity contribution in [3.8, 4) is 0 Å². The molecule has 0 saturated heterocycles. The van der Waals surface area contributed by atoms with Gasteiger partial charge in [0.1, 0.15) is 11.5 Å². The summed E-state index contributed by atoms with van der Waals surface area (Å²) in [6, 6.07) is 3.23. The van der Waals surface area contributed by atoms with Gasteiger partial charge in [0.05, 0.1) is 5.69 Å². The summed E-state index contributed by atoms with van der Waals surface area (Å²) in [5, 5.41) is 8.70. The number of carboxylic acids is 1. The van der Waals surface area contributed by atoms with Gasteiger partial charge in [0, 0.05) is 12.8 Å². The van der Waals surface area contributed by atoms with Crippen LogP contribution in [0, 0.1) is 0 Å². The first-order chi connectivity index (χ1) is 6.66. The van der Waals surface area contributed by atoms with Crippen molar-refractivity contribution in [2.45, 2.75) is 19.3 Å². The van der Waals surface area contributed by atoms with Crippen molar-refractivity contribution in [1.82, 2.24) is 4.98 Å². The third kappa shape index (κ3) is 1.51. The molecule has 1 aromatic rings. The largest absolute Gasteiger partial charge is 0.477 e. The van der Waals surface area contributed by atoms with Gasteiger partial charge in [-0.05, 0) is 18.1 Å². The van der Waals surface area contributed by atoms with Crippen LogP contribution in [-0.2, 0) is 17.6 Å². The summed E-state index contributed by atoms with van der Waals surface area (Å²) in [7, 11) is 0. The number of aromatic nitrogens is 1. The lowest BCUT2D eigenvalue weighted by molar-refractivity contribution is -0.118. The summed E-state index contributed by atoms with van der Waals surface area (Å²) in [4.78, 5) is 25.7. The minimum absolute atomic E-state index is 0.0125. The van der Waals surface area contributed by atoms with Gasteiger partial charge in [-0.15, -0.1) is 0 Å². The molecule has 0 amide bonds. The Bertz CT molecular complexity index is 412. The third-order valence-corrected chi connectivity index (χ3v) is 2.33. The molecule has 1 heterocycles. The van der Waals surface area contributed by atoms with Crippen molar-refractivity contribution in [1.29, 1.82) is 0 Å². The number of pyridine rings is 1. The van der Waals surface area contributed by atoms with Crippen LogP contribution in [0.5, 0.6) is 0 Å². The molecular formula is C10H9NO3. The number of hydrogen-bond acceptors (Lipinski definition) is 3. The van der Waals surface area contributed by atoms with Crippen LogP contribution >= 0.6 is 0 Å². The molecule has 2 rings (SSSR count). The number of ketones is 1. The summed E-state index contributed by atoms with van der Waals surface area (Å²) >= 11 is 0. The second kappa shape index (κ2) is 3.21. The van der Waals surface area contributed by atoms with Gasteiger partial charge in [-0.3, -0.25) is 4.79 Å². The van der Waals surface area contributed by atoms with Crippen molar-refractivity contribution < 1.29 is 14.7 Å². The number of fused-ring (bicyclic) bond motifs is 1. The predicted molar refractivity (Wildman–Crippen MR) is 48.2 cm³/mol. The fraction of sp³-hybridized carbons (Fsp3) is 0.300. The Balaban J connectivity index is 2.42. The van der Waals surface area contributed by atoms with E-state index in [0.29, 0.717) is 18.5 Å². The van der Waals surface area contributed by atoms with Crippen LogP contribution in [0.3, 0.4) is 0 Å². The molecule has 1 aliphatic rings. The molecule has 0 saturated carbocycles. The van der Waals surface area contributed by atoms with Gasteiger partial charge < -0.3 is 5.11 Å². The topological polar surface area (TPSA) is 67.3 Å². The molecule has 4 nitrogen and oxygen atoms in total. The molecule has 1 aliphatic carbocycles. The Kier molecular flexibility index (Phi) is 2.04. The minimum atomic E-state index is -1.05. The van der Waals surface area contributed by atoms with E-state index in [1.165, 1.54) is 6.07 Å². The highest BCUT2D eigenvalue weighted by molar-refractivity contribution is 5.86. The first kappa shape index (κ1) is 8.87. The summed E-state index contributed by atoms with van der Waals surface area (Å²) in [5.41, 5.74) is 1.63. The number of Topliss-reactive ketones (excluding diaryl/α,β-unsaturated/α-hetero) is 1. The van der Waals surface area contributed by atoms with Gasteiger partial charge >= 0.3 is 5.97 Å². The summed E-state index contributed by atoms with van der Waals surface area (Å²) in [6.45, 7) is 0. The van der Waals surface area contributed by atoms with Gasteiger partial charge in [-0.2, -0.15) is 0 Å². The second-order valence-electron chi connectivity index (χ2n) is 3.32. The molecule has 0 aromatic carbocycles. The van der Waals surface area contributed by atoms with Crippen molar-refractivity contribution >= 4 is 11.8 Å². The SMILES string of the molecule is O=C1CCc2ccc(C(=O)O)nc2C1. The third-order valence-electron chi connectivity index (χ3n) is 2.33. The van der Waals surface area contributed by atoms with Crippen LogP contribution in [0.2, 0.25) is 0 Å². The van der Waals surface area contributed by atoms with Gasteiger partial charge in [0.2, 0.25) is 0 Å². The Labute approximate surface area is 80.6 Å². The molecule has 4 heteroatoms. The highest BCUT2D eigenvalue weighted by Gasteiger charge is 2.18. The normalized spacial score (nSPS) is 15.0. The molecule has 14 heavy (non-hydrogen) atoms. The number of aryl methyl sites for hydroxylation is 1. The molecule has 0 atom stereocenters. The smallest absolute Gasteiger partial charge is 0.354 e. The van der Waals surface area contributed by atoms with E-state index >= 15 is 0 Å². The molecule has 0 aliphatic heterocycles. The van der Waals surface area contributed by atoms with E-state index in [-0.39, 0.29) is 17.9 Å². The Morgan fingerprint density at radius 3 is 2.86 bits per heavy atom. The number of carbonyl (C=O) groups is 2. The lowest BCUT2D eigenvalue weighted by Crippen LogP contribution is -2.16. The predicted octanol–water partition coefficient (Wildman–Crippen LogP) is 0.838. The molecular weight excluding hydrogens is 182 g/mol. The van der Waals surface area contributed by atoms with Crippen LogP contribution in [0.1, 0.15) is 28.2 Å². The number of nitrogens with zero attached hydrogens (tertiary/aromatic N) is 1. The zero-order valence-corrected chi connectivity index (χ0v) is 7.49. The van der Waals surface area contributed by atoms with Crippen molar-refractivity contribution in [3.63, 3.8) is 0 Å². The number of carbonyl (C=O) groups excluding carboxylic acids is 1. The number of aromatic carboxylic acids is 1. The highest BCUT2D eigenvalue weighted by atomic mass is 16.4. The quantitative estimate of drug-likeness (QED) is 0.714. The standard InChI is InChI=1S/C10H9NO3/c12-7-3-1-6-2-4-8(10(13)14)11-9(6)5-7/h2,4H,1,3,5H2,(H,13,14). The van der Waals surface area contributed by atoms with E-state index in [0.717, 1.165) is 5.56 Å². The van der Waals surface area contributed by atoms with Gasteiger partial charge in [0.15, 0.2) is 0 Å². The zero-order chi connectivity index (χ0) is 10.1. The summed E-state index contributed by atoms with van der Waals surface area (Å²) < 4.78 is 0. The van der Waals surface area contributed by atoms with Crippen LogP contribution in [0.25, 0.3) is 0 Å². The number of carboxylic acid groups (broad SMARTS) is 1. The van der Waals surface area contributed by atoms with Crippen molar-refractivity contribution in [2.24, 2.45) is 0 Å². The van der Waals surface area contributed by atoms with E-state index in [4.69, 9.17) is 5.11 Å². The van der Waals surface area contributed by atoms with Gasteiger partial charge in [-0.1, -0.05) is 6.07 Å². The zero-order valence-electron chi connectivity index (χ0n) is 7.49. The van der Waals surface area contributed by atoms with E-state index in [1.54, 1.807) is 6.07 Å². The first-order valence-electron chi connectivity index (χ1n) is 4.40. The van der Waals surface area contributed by atoms with Crippen LogP contribution in [0.15, 0.2) is 12.1 Å². The monoisotopic (exact) mass is 191 g/mol.